The van der Waals surface area contributed by atoms with E-state index in [1.807, 2.05) is 0 Å². The van der Waals surface area contributed by atoms with Crippen LogP contribution in [0.1, 0.15) is 53.4 Å². The van der Waals surface area contributed by atoms with E-state index in [9.17, 15) is 5.11 Å². The first-order valence-corrected chi connectivity index (χ1v) is 5.55. The van der Waals surface area contributed by atoms with Crippen molar-refractivity contribution in [3.05, 3.63) is 0 Å². The first kappa shape index (κ1) is 12.9. The molecular weight excluding hydrogens is 162 g/mol. The minimum absolute atomic E-state index is 0.381. The summed E-state index contributed by atoms with van der Waals surface area (Å²) in [7, 11) is 0. The van der Waals surface area contributed by atoms with E-state index in [-0.39, 0.29) is 6.23 Å². The van der Waals surface area contributed by atoms with E-state index in [1.54, 1.807) is 6.92 Å². The number of nitrogens with one attached hydrogen (secondary N) is 1. The minimum Gasteiger partial charge on any atom is -0.379 e. The van der Waals surface area contributed by atoms with Crippen molar-refractivity contribution in [1.29, 1.82) is 0 Å². The standard InChI is InChI=1S/C11H25NO/c1-5-7-8-9(3)11(6-2)12-10(4)13/h9-13H,5-8H2,1-4H3. The monoisotopic (exact) mass is 187 g/mol. The molecule has 0 spiro atoms. The zero-order chi connectivity index (χ0) is 10.3. The molecule has 2 N–H and O–H groups in total. The fourth-order valence-electron chi connectivity index (χ4n) is 1.72. The lowest BCUT2D eigenvalue weighted by Crippen LogP contribution is -2.40. The second kappa shape index (κ2) is 7.34. The Morgan fingerprint density at radius 2 is 1.85 bits per heavy atom. The largest absolute Gasteiger partial charge is 0.379 e. The molecule has 0 aromatic heterocycles. The number of hydrogen-bond acceptors (Lipinski definition) is 2. The first-order chi connectivity index (χ1) is 6.11. The van der Waals surface area contributed by atoms with Crippen LogP contribution in [0.4, 0.5) is 0 Å². The molecule has 0 amide bonds. The molecule has 13 heavy (non-hydrogen) atoms. The molecule has 0 fully saturated rings. The zero-order valence-electron chi connectivity index (χ0n) is 9.51. The molecule has 0 aliphatic rings. The highest BCUT2D eigenvalue weighted by molar-refractivity contribution is 4.72. The predicted molar refractivity (Wildman–Crippen MR) is 57.6 cm³/mol. The predicted octanol–water partition coefficient (Wildman–Crippen LogP) is 2.52. The van der Waals surface area contributed by atoms with Crippen LogP contribution < -0.4 is 5.32 Å². The van der Waals surface area contributed by atoms with Gasteiger partial charge in [0.15, 0.2) is 0 Å². The van der Waals surface area contributed by atoms with Gasteiger partial charge in [-0.1, -0.05) is 33.6 Å². The van der Waals surface area contributed by atoms with E-state index < -0.39 is 0 Å². The Morgan fingerprint density at radius 3 is 2.23 bits per heavy atom. The second-order valence-electron chi connectivity index (χ2n) is 3.98. The number of aliphatic hydroxyl groups excluding tert-OH is 1. The molecule has 0 rings (SSSR count). The third kappa shape index (κ3) is 6.05. The van der Waals surface area contributed by atoms with Crippen LogP contribution >= 0.6 is 0 Å². The van der Waals surface area contributed by atoms with E-state index in [4.69, 9.17) is 0 Å². The molecule has 0 aromatic rings. The maximum absolute atomic E-state index is 9.22. The Morgan fingerprint density at radius 1 is 1.23 bits per heavy atom. The summed E-state index contributed by atoms with van der Waals surface area (Å²) in [5, 5.41) is 12.4. The van der Waals surface area contributed by atoms with E-state index in [1.165, 1.54) is 19.3 Å². The molecule has 0 aliphatic carbocycles. The number of hydrogen-bond donors (Lipinski definition) is 2. The summed E-state index contributed by atoms with van der Waals surface area (Å²) in [6.45, 7) is 8.44. The molecule has 3 atom stereocenters. The van der Waals surface area contributed by atoms with Gasteiger partial charge in [-0.3, -0.25) is 5.32 Å². The average molecular weight is 187 g/mol. The molecule has 80 valence electrons. The van der Waals surface area contributed by atoms with Gasteiger partial charge in [0.2, 0.25) is 0 Å². The van der Waals surface area contributed by atoms with Gasteiger partial charge in [-0.25, -0.2) is 0 Å². The Kier molecular flexibility index (Phi) is 7.29. The molecule has 2 heteroatoms. The van der Waals surface area contributed by atoms with Gasteiger partial charge in [0.25, 0.3) is 0 Å². The van der Waals surface area contributed by atoms with Crippen LogP contribution in [0.2, 0.25) is 0 Å². The number of aliphatic hydroxyl groups is 1. The Labute approximate surface area is 82.7 Å². The molecule has 0 radical (unpaired) electrons. The maximum Gasteiger partial charge on any atom is 0.102 e. The summed E-state index contributed by atoms with van der Waals surface area (Å²) in [6.07, 6.45) is 4.52. The van der Waals surface area contributed by atoms with Crippen LogP contribution in [0.15, 0.2) is 0 Å². The maximum atomic E-state index is 9.22. The summed E-state index contributed by atoms with van der Waals surface area (Å²) in [6, 6.07) is 0.464. The van der Waals surface area contributed by atoms with Gasteiger partial charge in [-0.15, -0.1) is 0 Å². The highest BCUT2D eigenvalue weighted by Gasteiger charge is 2.15. The van der Waals surface area contributed by atoms with Gasteiger partial charge in [-0.2, -0.15) is 0 Å². The molecule has 2 nitrogen and oxygen atoms in total. The van der Waals surface area contributed by atoms with Crippen molar-refractivity contribution in [3.63, 3.8) is 0 Å². The van der Waals surface area contributed by atoms with Gasteiger partial charge >= 0.3 is 0 Å². The number of rotatable bonds is 7. The van der Waals surface area contributed by atoms with E-state index >= 15 is 0 Å². The average Bonchev–Trinajstić information content (AvgIpc) is 2.09. The van der Waals surface area contributed by atoms with Crippen LogP contribution in [0.25, 0.3) is 0 Å². The van der Waals surface area contributed by atoms with Gasteiger partial charge in [0, 0.05) is 6.04 Å². The Balaban J connectivity index is 3.77. The van der Waals surface area contributed by atoms with Crippen molar-refractivity contribution in [2.24, 2.45) is 5.92 Å². The first-order valence-electron chi connectivity index (χ1n) is 5.55. The smallest absolute Gasteiger partial charge is 0.102 e. The quantitative estimate of drug-likeness (QED) is 0.600. The normalized spacial score (nSPS) is 18.2. The molecule has 3 unspecified atom stereocenters. The summed E-state index contributed by atoms with van der Waals surface area (Å²) in [5.74, 6) is 0.666. The third-order valence-electron chi connectivity index (χ3n) is 2.60. The summed E-state index contributed by atoms with van der Waals surface area (Å²) < 4.78 is 0. The lowest BCUT2D eigenvalue weighted by atomic mass is 9.94. The van der Waals surface area contributed by atoms with E-state index in [0.29, 0.717) is 12.0 Å². The molecule has 0 saturated carbocycles. The highest BCUT2D eigenvalue weighted by Crippen LogP contribution is 2.14. The summed E-state index contributed by atoms with van der Waals surface area (Å²) in [4.78, 5) is 0. The molecule has 0 heterocycles. The van der Waals surface area contributed by atoms with Crippen molar-refractivity contribution in [2.75, 3.05) is 0 Å². The van der Waals surface area contributed by atoms with Gasteiger partial charge in [0.1, 0.15) is 6.23 Å². The van der Waals surface area contributed by atoms with Crippen LogP contribution in [-0.2, 0) is 0 Å². The molecule has 0 aliphatic heterocycles. The zero-order valence-corrected chi connectivity index (χ0v) is 9.51. The Hall–Kier alpha value is -0.0800. The third-order valence-corrected chi connectivity index (χ3v) is 2.60. The minimum atomic E-state index is -0.381. The SMILES string of the molecule is CCCCC(C)C(CC)NC(C)O. The van der Waals surface area contributed by atoms with Crippen LogP contribution in [0.3, 0.4) is 0 Å². The summed E-state index contributed by atoms with van der Waals surface area (Å²) >= 11 is 0. The molecule has 0 bridgehead atoms. The molecular formula is C11H25NO. The van der Waals surface area contributed by atoms with E-state index in [0.717, 1.165) is 6.42 Å². The van der Waals surface area contributed by atoms with Crippen molar-refractivity contribution in [3.8, 4) is 0 Å². The van der Waals surface area contributed by atoms with Gasteiger partial charge < -0.3 is 5.11 Å². The fourth-order valence-corrected chi connectivity index (χ4v) is 1.72. The van der Waals surface area contributed by atoms with Crippen LogP contribution in [-0.4, -0.2) is 17.4 Å². The summed E-state index contributed by atoms with van der Waals surface area (Å²) in [5.41, 5.74) is 0. The van der Waals surface area contributed by atoms with Crippen molar-refractivity contribution in [1.82, 2.24) is 5.32 Å². The Bertz CT molecular complexity index is 115. The topological polar surface area (TPSA) is 32.3 Å². The van der Waals surface area contributed by atoms with Gasteiger partial charge in [-0.05, 0) is 25.7 Å². The molecule has 0 aromatic carbocycles. The lowest BCUT2D eigenvalue weighted by molar-refractivity contribution is 0.124. The lowest BCUT2D eigenvalue weighted by Gasteiger charge is -2.25. The highest BCUT2D eigenvalue weighted by atomic mass is 16.3. The molecule has 0 saturated heterocycles. The van der Waals surface area contributed by atoms with Crippen molar-refractivity contribution >= 4 is 0 Å². The van der Waals surface area contributed by atoms with Crippen LogP contribution in [0, 0.1) is 5.92 Å². The number of unbranched alkanes of at least 4 members (excludes halogenated alkanes) is 1. The van der Waals surface area contributed by atoms with E-state index in [2.05, 4.69) is 26.1 Å². The fraction of sp³-hybridized carbons (Fsp3) is 1.00. The van der Waals surface area contributed by atoms with Gasteiger partial charge in [0.05, 0.1) is 0 Å². The van der Waals surface area contributed by atoms with Crippen molar-refractivity contribution < 1.29 is 5.11 Å². The van der Waals surface area contributed by atoms with Crippen molar-refractivity contribution in [2.45, 2.75) is 65.6 Å². The van der Waals surface area contributed by atoms with Crippen LogP contribution in [0.5, 0.6) is 0 Å². The second-order valence-corrected chi connectivity index (χ2v) is 3.98.